The van der Waals surface area contributed by atoms with Crippen molar-refractivity contribution in [3.8, 4) is 22.6 Å². The maximum Gasteiger partial charge on any atom is 0.255 e. The van der Waals surface area contributed by atoms with Crippen molar-refractivity contribution in [2.75, 3.05) is 50.7 Å². The summed E-state index contributed by atoms with van der Waals surface area (Å²) >= 11 is 0. The van der Waals surface area contributed by atoms with Crippen LogP contribution in [0.25, 0.3) is 11.1 Å². The fourth-order valence-corrected chi connectivity index (χ4v) is 3.67. The molecule has 0 aromatic heterocycles. The van der Waals surface area contributed by atoms with Gasteiger partial charge in [-0.15, -0.1) is 0 Å². The number of anilines is 2. The Bertz CT molecular complexity index is 1030. The molecule has 0 unspecified atom stereocenters. The number of morpholine rings is 1. The highest BCUT2D eigenvalue weighted by Gasteiger charge is 2.20. The van der Waals surface area contributed by atoms with Crippen molar-refractivity contribution in [3.05, 3.63) is 72.3 Å². The molecule has 1 N–H and O–H groups in total. The molecule has 6 heteroatoms. The molecule has 3 aromatic rings. The van der Waals surface area contributed by atoms with Crippen LogP contribution in [0.1, 0.15) is 10.4 Å². The summed E-state index contributed by atoms with van der Waals surface area (Å²) in [7, 11) is 3.19. The van der Waals surface area contributed by atoms with Crippen molar-refractivity contribution in [3.63, 3.8) is 0 Å². The molecule has 1 saturated heterocycles. The van der Waals surface area contributed by atoms with Gasteiger partial charge in [0.1, 0.15) is 0 Å². The van der Waals surface area contributed by atoms with Gasteiger partial charge in [0.2, 0.25) is 0 Å². The van der Waals surface area contributed by atoms with Gasteiger partial charge in [-0.2, -0.15) is 0 Å². The molecule has 1 amide bonds. The molecular formula is C25H26N2O4. The normalized spacial score (nSPS) is 13.5. The summed E-state index contributed by atoms with van der Waals surface area (Å²) in [5, 5.41) is 3.05. The fourth-order valence-electron chi connectivity index (χ4n) is 3.67. The summed E-state index contributed by atoms with van der Waals surface area (Å²) in [6.07, 6.45) is 0. The molecule has 0 spiro atoms. The molecule has 3 aromatic carbocycles. The van der Waals surface area contributed by atoms with Gasteiger partial charge in [-0.25, -0.2) is 0 Å². The average molecular weight is 418 g/mol. The van der Waals surface area contributed by atoms with Gasteiger partial charge in [-0.05, 0) is 23.3 Å². The van der Waals surface area contributed by atoms with Crippen molar-refractivity contribution >= 4 is 17.3 Å². The van der Waals surface area contributed by atoms with Gasteiger partial charge >= 0.3 is 0 Å². The molecule has 6 nitrogen and oxygen atoms in total. The van der Waals surface area contributed by atoms with Gasteiger partial charge in [0.25, 0.3) is 5.91 Å². The van der Waals surface area contributed by atoms with Crippen LogP contribution < -0.4 is 19.7 Å². The maximum absolute atomic E-state index is 13.0. The smallest absolute Gasteiger partial charge is 0.255 e. The van der Waals surface area contributed by atoms with E-state index < -0.39 is 0 Å². The van der Waals surface area contributed by atoms with E-state index in [0.29, 0.717) is 36.0 Å². The SMILES string of the molecule is COc1cc(NC(=O)c2ccc(-c3ccccc3)cc2)c(N2CCOCC2)cc1OC. The standard InChI is InChI=1S/C25H26N2O4/c1-29-23-16-21(22(17-24(23)30-2)27-12-14-31-15-13-27)26-25(28)20-10-8-19(9-11-20)18-6-4-3-5-7-18/h3-11,16-17H,12-15H2,1-2H3,(H,26,28). The zero-order valence-corrected chi connectivity index (χ0v) is 17.8. The third-order valence-corrected chi connectivity index (χ3v) is 5.36. The molecular weight excluding hydrogens is 392 g/mol. The third-order valence-electron chi connectivity index (χ3n) is 5.36. The molecule has 0 bridgehead atoms. The Hall–Kier alpha value is -3.51. The van der Waals surface area contributed by atoms with Crippen LogP contribution in [0.2, 0.25) is 0 Å². The minimum absolute atomic E-state index is 0.179. The Balaban J connectivity index is 1.60. The third kappa shape index (κ3) is 4.64. The van der Waals surface area contributed by atoms with Crippen LogP contribution in [0, 0.1) is 0 Å². The lowest BCUT2D eigenvalue weighted by atomic mass is 10.0. The van der Waals surface area contributed by atoms with Gasteiger partial charge in [-0.1, -0.05) is 42.5 Å². The molecule has 0 radical (unpaired) electrons. The number of rotatable bonds is 6. The lowest BCUT2D eigenvalue weighted by Crippen LogP contribution is -2.36. The van der Waals surface area contributed by atoms with Gasteiger partial charge < -0.3 is 24.4 Å². The molecule has 1 heterocycles. The highest BCUT2D eigenvalue weighted by atomic mass is 16.5. The number of methoxy groups -OCH3 is 2. The first-order valence-corrected chi connectivity index (χ1v) is 10.2. The highest BCUT2D eigenvalue weighted by molar-refractivity contribution is 6.06. The van der Waals surface area contributed by atoms with Crippen LogP contribution >= 0.6 is 0 Å². The van der Waals surface area contributed by atoms with Crippen molar-refractivity contribution in [1.82, 2.24) is 0 Å². The summed E-state index contributed by atoms with van der Waals surface area (Å²) in [4.78, 5) is 15.2. The molecule has 0 atom stereocenters. The first kappa shape index (κ1) is 20.8. The molecule has 1 aliphatic heterocycles. The largest absolute Gasteiger partial charge is 0.493 e. The lowest BCUT2D eigenvalue weighted by Gasteiger charge is -2.31. The van der Waals surface area contributed by atoms with E-state index in [0.717, 1.165) is 29.9 Å². The Labute approximate surface area is 182 Å². The second-order valence-corrected chi connectivity index (χ2v) is 7.22. The minimum Gasteiger partial charge on any atom is -0.493 e. The number of nitrogens with zero attached hydrogens (tertiary/aromatic N) is 1. The van der Waals surface area contributed by atoms with Crippen LogP contribution in [-0.4, -0.2) is 46.4 Å². The van der Waals surface area contributed by atoms with E-state index in [9.17, 15) is 4.79 Å². The average Bonchev–Trinajstić information content (AvgIpc) is 2.85. The second kappa shape index (κ2) is 9.53. The van der Waals surface area contributed by atoms with Crippen molar-refractivity contribution in [1.29, 1.82) is 0 Å². The Morgan fingerprint density at radius 3 is 2.13 bits per heavy atom. The topological polar surface area (TPSA) is 60.0 Å². The van der Waals surface area contributed by atoms with Gasteiger partial charge in [0.15, 0.2) is 11.5 Å². The van der Waals surface area contributed by atoms with Gasteiger partial charge in [-0.3, -0.25) is 4.79 Å². The van der Waals surface area contributed by atoms with Crippen molar-refractivity contribution < 1.29 is 19.0 Å². The number of hydrogen-bond donors (Lipinski definition) is 1. The molecule has 1 fully saturated rings. The van der Waals surface area contributed by atoms with Crippen molar-refractivity contribution in [2.24, 2.45) is 0 Å². The summed E-state index contributed by atoms with van der Waals surface area (Å²) in [5.41, 5.74) is 4.33. The fraction of sp³-hybridized carbons (Fsp3) is 0.240. The van der Waals surface area contributed by atoms with Crippen LogP contribution in [0.5, 0.6) is 11.5 Å². The van der Waals surface area contributed by atoms with Crippen LogP contribution in [0.15, 0.2) is 66.7 Å². The first-order chi connectivity index (χ1) is 15.2. The molecule has 160 valence electrons. The lowest BCUT2D eigenvalue weighted by molar-refractivity contribution is 0.102. The van der Waals surface area contributed by atoms with Crippen LogP contribution in [-0.2, 0) is 4.74 Å². The predicted molar refractivity (Wildman–Crippen MR) is 122 cm³/mol. The molecule has 1 aliphatic rings. The van der Waals surface area contributed by atoms with E-state index in [1.54, 1.807) is 20.3 Å². The highest BCUT2D eigenvalue weighted by Crippen LogP contribution is 2.39. The summed E-state index contributed by atoms with van der Waals surface area (Å²) in [6, 6.07) is 21.4. The molecule has 31 heavy (non-hydrogen) atoms. The van der Waals surface area contributed by atoms with E-state index >= 15 is 0 Å². The van der Waals surface area contributed by atoms with E-state index in [2.05, 4.69) is 10.2 Å². The minimum atomic E-state index is -0.179. The van der Waals surface area contributed by atoms with Gasteiger partial charge in [0, 0.05) is 30.8 Å². The second-order valence-electron chi connectivity index (χ2n) is 7.22. The number of carbonyl (C=O) groups excluding carboxylic acids is 1. The number of amides is 1. The van der Waals surface area contributed by atoms with E-state index in [1.807, 2.05) is 60.7 Å². The Kier molecular flexibility index (Phi) is 6.38. The zero-order valence-electron chi connectivity index (χ0n) is 17.8. The van der Waals surface area contributed by atoms with E-state index in [4.69, 9.17) is 14.2 Å². The van der Waals surface area contributed by atoms with Crippen LogP contribution in [0.4, 0.5) is 11.4 Å². The summed E-state index contributed by atoms with van der Waals surface area (Å²) < 4.78 is 16.4. The van der Waals surface area contributed by atoms with Gasteiger partial charge in [0.05, 0.1) is 38.8 Å². The number of ether oxygens (including phenoxy) is 3. The molecule has 0 saturated carbocycles. The number of nitrogens with one attached hydrogen (secondary N) is 1. The van der Waals surface area contributed by atoms with Crippen molar-refractivity contribution in [2.45, 2.75) is 0 Å². The van der Waals surface area contributed by atoms with E-state index in [-0.39, 0.29) is 5.91 Å². The Morgan fingerprint density at radius 1 is 0.871 bits per heavy atom. The summed E-state index contributed by atoms with van der Waals surface area (Å²) in [6.45, 7) is 2.76. The maximum atomic E-state index is 13.0. The number of benzene rings is 3. The number of carbonyl (C=O) groups is 1. The predicted octanol–water partition coefficient (Wildman–Crippen LogP) is 4.46. The molecule has 4 rings (SSSR count). The molecule has 0 aliphatic carbocycles. The van der Waals surface area contributed by atoms with Crippen LogP contribution in [0.3, 0.4) is 0 Å². The monoisotopic (exact) mass is 418 g/mol. The first-order valence-electron chi connectivity index (χ1n) is 10.2. The van der Waals surface area contributed by atoms with E-state index in [1.165, 1.54) is 0 Å². The zero-order chi connectivity index (χ0) is 21.6. The quantitative estimate of drug-likeness (QED) is 0.641. The number of hydrogen-bond acceptors (Lipinski definition) is 5. The summed E-state index contributed by atoms with van der Waals surface area (Å²) in [5.74, 6) is 1.00. The Morgan fingerprint density at radius 2 is 1.48 bits per heavy atom.